The molecule has 0 spiro atoms. The number of amides is 1. The van der Waals surface area contributed by atoms with E-state index < -0.39 is 5.54 Å². The van der Waals surface area contributed by atoms with Gasteiger partial charge in [0.25, 0.3) is 11.8 Å². The van der Waals surface area contributed by atoms with Crippen molar-refractivity contribution < 1.29 is 9.32 Å². The van der Waals surface area contributed by atoms with E-state index >= 15 is 0 Å². The van der Waals surface area contributed by atoms with Crippen LogP contribution in [0.2, 0.25) is 0 Å². The Morgan fingerprint density at radius 1 is 1.28 bits per heavy atom. The molecule has 136 valence electrons. The summed E-state index contributed by atoms with van der Waals surface area (Å²) < 4.78 is 5.32. The summed E-state index contributed by atoms with van der Waals surface area (Å²) in [7, 11) is 0. The molecule has 0 atom stereocenters. The summed E-state index contributed by atoms with van der Waals surface area (Å²) in [5.41, 5.74) is 7.21. The molecular formula is C18H25ClN4O2. The zero-order chi connectivity index (χ0) is 17.4. The molecule has 1 aliphatic carbocycles. The number of benzene rings is 1. The molecule has 3 rings (SSSR count). The van der Waals surface area contributed by atoms with Gasteiger partial charge < -0.3 is 15.6 Å². The van der Waals surface area contributed by atoms with Crippen LogP contribution in [0.3, 0.4) is 0 Å². The van der Waals surface area contributed by atoms with Crippen molar-refractivity contribution in [2.24, 2.45) is 11.1 Å². The van der Waals surface area contributed by atoms with E-state index in [1.807, 2.05) is 12.1 Å². The fraction of sp³-hybridized carbons (Fsp3) is 0.500. The summed E-state index contributed by atoms with van der Waals surface area (Å²) in [6.07, 6.45) is 2.87. The monoisotopic (exact) mass is 364 g/mol. The van der Waals surface area contributed by atoms with Crippen molar-refractivity contribution >= 4 is 18.3 Å². The van der Waals surface area contributed by atoms with Crippen LogP contribution in [0.25, 0.3) is 11.5 Å². The van der Waals surface area contributed by atoms with Crippen LogP contribution in [0.4, 0.5) is 0 Å². The molecule has 1 fully saturated rings. The van der Waals surface area contributed by atoms with Crippen molar-refractivity contribution in [2.75, 3.05) is 6.54 Å². The number of hydrogen-bond acceptors (Lipinski definition) is 5. The van der Waals surface area contributed by atoms with Crippen LogP contribution in [-0.2, 0) is 5.54 Å². The van der Waals surface area contributed by atoms with Gasteiger partial charge in [-0.25, -0.2) is 0 Å². The minimum atomic E-state index is -0.436. The predicted molar refractivity (Wildman–Crippen MR) is 98.5 cm³/mol. The molecule has 0 bridgehead atoms. The Morgan fingerprint density at radius 3 is 2.44 bits per heavy atom. The topological polar surface area (TPSA) is 94.0 Å². The quantitative estimate of drug-likeness (QED) is 0.868. The number of carbonyl (C=O) groups excluding carboxylic acids is 1. The first kappa shape index (κ1) is 19.4. The van der Waals surface area contributed by atoms with Gasteiger partial charge in [0.2, 0.25) is 0 Å². The fourth-order valence-corrected chi connectivity index (χ4v) is 2.54. The van der Waals surface area contributed by atoms with Crippen molar-refractivity contribution in [3.63, 3.8) is 0 Å². The minimum absolute atomic E-state index is 0. The second-order valence-corrected chi connectivity index (χ2v) is 7.75. The Hall–Kier alpha value is -1.92. The Bertz CT molecular complexity index is 730. The molecule has 0 radical (unpaired) electrons. The largest absolute Gasteiger partial charge is 0.352 e. The lowest BCUT2D eigenvalue weighted by Gasteiger charge is -2.34. The highest BCUT2D eigenvalue weighted by Crippen LogP contribution is 2.37. The second-order valence-electron chi connectivity index (χ2n) is 7.75. The van der Waals surface area contributed by atoms with Gasteiger partial charge in [-0.1, -0.05) is 25.9 Å². The molecule has 0 aliphatic heterocycles. The summed E-state index contributed by atoms with van der Waals surface area (Å²) in [5, 5.41) is 6.94. The van der Waals surface area contributed by atoms with E-state index in [1.165, 1.54) is 0 Å². The van der Waals surface area contributed by atoms with Gasteiger partial charge in [0.15, 0.2) is 5.82 Å². The highest BCUT2D eigenvalue weighted by atomic mass is 35.5. The third-order valence-corrected chi connectivity index (χ3v) is 4.29. The maximum absolute atomic E-state index is 12.1. The van der Waals surface area contributed by atoms with E-state index in [0.717, 1.165) is 24.8 Å². The molecule has 1 amide bonds. The normalized spacial score (nSPS) is 15.8. The van der Waals surface area contributed by atoms with E-state index in [1.54, 1.807) is 12.1 Å². The van der Waals surface area contributed by atoms with Crippen LogP contribution in [0.1, 0.15) is 56.2 Å². The van der Waals surface area contributed by atoms with Crippen molar-refractivity contribution in [2.45, 2.75) is 45.6 Å². The average molecular weight is 365 g/mol. The Balaban J connectivity index is 0.00000225. The molecule has 25 heavy (non-hydrogen) atoms. The Morgan fingerprint density at radius 2 is 1.92 bits per heavy atom. The van der Waals surface area contributed by atoms with Gasteiger partial charge in [-0.2, -0.15) is 4.98 Å². The molecule has 1 aromatic heterocycles. The van der Waals surface area contributed by atoms with Gasteiger partial charge >= 0.3 is 0 Å². The van der Waals surface area contributed by atoms with Gasteiger partial charge in [0.1, 0.15) is 0 Å². The fourth-order valence-electron chi connectivity index (χ4n) is 2.54. The summed E-state index contributed by atoms with van der Waals surface area (Å²) in [4.78, 5) is 16.6. The van der Waals surface area contributed by atoms with E-state index in [4.69, 9.17) is 10.3 Å². The highest BCUT2D eigenvalue weighted by Gasteiger charge is 2.39. The number of carbonyl (C=O) groups is 1. The molecule has 3 N–H and O–H groups in total. The van der Waals surface area contributed by atoms with Crippen LogP contribution in [0.5, 0.6) is 0 Å². The van der Waals surface area contributed by atoms with E-state index in [9.17, 15) is 4.79 Å². The van der Waals surface area contributed by atoms with Crippen LogP contribution < -0.4 is 11.1 Å². The molecule has 1 saturated carbocycles. The van der Waals surface area contributed by atoms with E-state index in [-0.39, 0.29) is 23.7 Å². The summed E-state index contributed by atoms with van der Waals surface area (Å²) in [6.45, 7) is 6.86. The van der Waals surface area contributed by atoms with E-state index in [2.05, 4.69) is 36.2 Å². The molecule has 2 aromatic rings. The number of nitrogens with two attached hydrogens (primary N) is 1. The Kier molecular flexibility index (Phi) is 5.54. The number of halogens is 1. The first-order chi connectivity index (χ1) is 11.3. The average Bonchev–Trinajstić information content (AvgIpc) is 3.00. The zero-order valence-electron chi connectivity index (χ0n) is 14.8. The molecule has 0 saturated heterocycles. The first-order valence-electron chi connectivity index (χ1n) is 8.29. The van der Waals surface area contributed by atoms with Crippen molar-refractivity contribution in [3.8, 4) is 11.5 Å². The van der Waals surface area contributed by atoms with Gasteiger partial charge in [0.05, 0.1) is 5.54 Å². The maximum Gasteiger partial charge on any atom is 0.257 e. The number of nitrogens with one attached hydrogen (secondary N) is 1. The third kappa shape index (κ3) is 4.38. The molecule has 1 aliphatic rings. The second kappa shape index (κ2) is 7.14. The number of aromatic nitrogens is 2. The van der Waals surface area contributed by atoms with Crippen LogP contribution in [0, 0.1) is 5.41 Å². The summed E-state index contributed by atoms with van der Waals surface area (Å²) in [5.74, 6) is 0.914. The maximum atomic E-state index is 12.1. The predicted octanol–water partition coefficient (Wildman–Crippen LogP) is 3.27. The molecule has 1 heterocycles. The third-order valence-electron chi connectivity index (χ3n) is 4.29. The number of rotatable bonds is 4. The van der Waals surface area contributed by atoms with Crippen molar-refractivity contribution in [1.29, 1.82) is 0 Å². The van der Waals surface area contributed by atoms with Crippen LogP contribution in [0.15, 0.2) is 28.8 Å². The van der Waals surface area contributed by atoms with Crippen molar-refractivity contribution in [1.82, 2.24) is 15.5 Å². The smallest absolute Gasteiger partial charge is 0.257 e. The molecule has 0 unspecified atom stereocenters. The van der Waals surface area contributed by atoms with Crippen LogP contribution >= 0.6 is 12.4 Å². The van der Waals surface area contributed by atoms with Gasteiger partial charge in [-0.15, -0.1) is 12.4 Å². The molecular weight excluding hydrogens is 340 g/mol. The SMILES string of the molecule is CC(C)(C)CNC(=O)c1ccc(-c2nc(C3(N)CCC3)no2)cc1.Cl. The van der Waals surface area contributed by atoms with Crippen molar-refractivity contribution in [3.05, 3.63) is 35.7 Å². The molecule has 6 nitrogen and oxygen atoms in total. The Labute approximate surface area is 154 Å². The zero-order valence-corrected chi connectivity index (χ0v) is 15.7. The lowest BCUT2D eigenvalue weighted by atomic mass is 9.77. The lowest BCUT2D eigenvalue weighted by Crippen LogP contribution is -2.44. The first-order valence-corrected chi connectivity index (χ1v) is 8.29. The minimum Gasteiger partial charge on any atom is -0.352 e. The van der Waals surface area contributed by atoms with Gasteiger partial charge in [-0.05, 0) is 48.9 Å². The molecule has 1 aromatic carbocycles. The van der Waals surface area contributed by atoms with Gasteiger partial charge in [0, 0.05) is 17.7 Å². The number of hydrogen-bond donors (Lipinski definition) is 2. The van der Waals surface area contributed by atoms with E-state index in [0.29, 0.717) is 23.8 Å². The summed E-state index contributed by atoms with van der Waals surface area (Å²) >= 11 is 0. The highest BCUT2D eigenvalue weighted by molar-refractivity contribution is 5.94. The summed E-state index contributed by atoms with van der Waals surface area (Å²) in [6, 6.07) is 7.15. The number of nitrogens with zero attached hydrogens (tertiary/aromatic N) is 2. The lowest BCUT2D eigenvalue weighted by molar-refractivity contribution is 0.0939. The molecule has 7 heteroatoms. The standard InChI is InChI=1S/C18H24N4O2.ClH/c1-17(2,3)11-20-14(23)12-5-7-13(8-6-12)15-21-16(22-24-15)18(19)9-4-10-18;/h5-8H,4,9-11,19H2,1-3H3,(H,20,23);1H. The van der Waals surface area contributed by atoms with Crippen LogP contribution in [-0.4, -0.2) is 22.6 Å². The van der Waals surface area contributed by atoms with Gasteiger partial charge in [-0.3, -0.25) is 4.79 Å².